The van der Waals surface area contributed by atoms with Crippen molar-refractivity contribution in [2.24, 2.45) is 0 Å². The molecule has 1 aromatic heterocycles. The summed E-state index contributed by atoms with van der Waals surface area (Å²) in [6.07, 6.45) is 0.462. The highest BCUT2D eigenvalue weighted by atomic mass is 35.5. The largest absolute Gasteiger partial charge is 0.497 e. The van der Waals surface area contributed by atoms with Crippen LogP contribution >= 0.6 is 23.2 Å². The normalized spacial score (nSPS) is 12.4. The molecule has 3 rings (SSSR count). The van der Waals surface area contributed by atoms with Crippen LogP contribution < -0.4 is 10.1 Å². The van der Waals surface area contributed by atoms with E-state index < -0.39 is 15.9 Å². The zero-order valence-corrected chi connectivity index (χ0v) is 20.3. The number of methoxy groups -OCH3 is 1. The summed E-state index contributed by atoms with van der Waals surface area (Å²) in [5, 5.41) is 8.10. The molecule has 0 saturated heterocycles. The zero-order chi connectivity index (χ0) is 23.6. The molecule has 32 heavy (non-hydrogen) atoms. The number of aromatic nitrogens is 2. The maximum Gasteiger partial charge on any atom is 0.249 e. The molecule has 0 saturated carbocycles. The van der Waals surface area contributed by atoms with Crippen molar-refractivity contribution in [3.8, 4) is 5.75 Å². The van der Waals surface area contributed by atoms with Crippen LogP contribution in [-0.2, 0) is 14.6 Å². The van der Waals surface area contributed by atoms with E-state index in [-0.39, 0.29) is 27.1 Å². The number of rotatable bonds is 7. The van der Waals surface area contributed by atoms with E-state index in [1.54, 1.807) is 24.6 Å². The summed E-state index contributed by atoms with van der Waals surface area (Å²) >= 11 is 12.1. The molecule has 0 aliphatic rings. The number of hydrogen-bond acceptors (Lipinski definition) is 5. The molecule has 1 unspecified atom stereocenters. The first-order valence-corrected chi connectivity index (χ1v) is 12.0. The van der Waals surface area contributed by atoms with Crippen LogP contribution in [0.15, 0.2) is 52.3 Å². The van der Waals surface area contributed by atoms with Gasteiger partial charge in [-0.2, -0.15) is 5.10 Å². The van der Waals surface area contributed by atoms with Crippen molar-refractivity contribution < 1.29 is 17.9 Å². The molecule has 1 N–H and O–H groups in total. The first-order chi connectivity index (χ1) is 15.1. The minimum Gasteiger partial charge on any atom is -0.497 e. The Bertz CT molecular complexity index is 1250. The summed E-state index contributed by atoms with van der Waals surface area (Å²) < 4.78 is 33.1. The number of ether oxygens (including phenoxy) is 1. The average Bonchev–Trinajstić information content (AvgIpc) is 3.01. The van der Waals surface area contributed by atoms with E-state index in [0.29, 0.717) is 27.9 Å². The maximum atomic E-state index is 13.1. The minimum atomic E-state index is -3.86. The molecule has 7 nitrogen and oxygen atoms in total. The standard InChI is InChI=1S/C22H23Cl2N3O4S/c1-5-20(27-14(3)21(24)13(2)26-27)22(28)25-16-10-17(31-4)12-19(11-16)32(29,30)18-8-6-15(23)7-9-18/h6-12,20H,5H2,1-4H3,(H,25,28). The van der Waals surface area contributed by atoms with E-state index in [1.165, 1.54) is 43.5 Å². The first-order valence-electron chi connectivity index (χ1n) is 9.80. The van der Waals surface area contributed by atoms with E-state index in [9.17, 15) is 13.2 Å². The van der Waals surface area contributed by atoms with Crippen LogP contribution in [0.25, 0.3) is 0 Å². The summed E-state index contributed by atoms with van der Waals surface area (Å²) in [4.78, 5) is 13.1. The number of carbonyl (C=O) groups excluding carboxylic acids is 1. The van der Waals surface area contributed by atoms with Crippen LogP contribution in [0.2, 0.25) is 10.0 Å². The van der Waals surface area contributed by atoms with Crippen LogP contribution in [0.1, 0.15) is 30.8 Å². The molecule has 0 radical (unpaired) electrons. The van der Waals surface area contributed by atoms with Crippen molar-refractivity contribution >= 4 is 44.6 Å². The van der Waals surface area contributed by atoms with Gasteiger partial charge in [-0.3, -0.25) is 9.48 Å². The number of aryl methyl sites for hydroxylation is 1. The fourth-order valence-corrected chi connectivity index (χ4v) is 4.88. The SMILES string of the molecule is CCC(C(=O)Nc1cc(OC)cc(S(=O)(=O)c2ccc(Cl)cc2)c1)n1nc(C)c(Cl)c1C. The van der Waals surface area contributed by atoms with Gasteiger partial charge in [0.2, 0.25) is 15.7 Å². The summed E-state index contributed by atoms with van der Waals surface area (Å²) in [5.74, 6) is -0.0598. The Kier molecular flexibility index (Phi) is 7.17. The quantitative estimate of drug-likeness (QED) is 0.483. The molecule has 10 heteroatoms. The summed E-state index contributed by atoms with van der Waals surface area (Å²) in [7, 11) is -2.44. The second-order valence-electron chi connectivity index (χ2n) is 7.20. The van der Waals surface area contributed by atoms with Gasteiger partial charge >= 0.3 is 0 Å². The first kappa shape index (κ1) is 24.1. The molecule has 1 atom stereocenters. The summed E-state index contributed by atoms with van der Waals surface area (Å²) in [5.41, 5.74) is 1.60. The Morgan fingerprint density at radius 1 is 1.12 bits per heavy atom. The van der Waals surface area contributed by atoms with Crippen LogP contribution in [0, 0.1) is 13.8 Å². The van der Waals surface area contributed by atoms with E-state index in [1.807, 2.05) is 6.92 Å². The molecule has 1 amide bonds. The molecule has 0 aliphatic heterocycles. The topological polar surface area (TPSA) is 90.3 Å². The van der Waals surface area contributed by atoms with E-state index in [4.69, 9.17) is 27.9 Å². The Labute approximate surface area is 197 Å². The molecule has 3 aromatic rings. The lowest BCUT2D eigenvalue weighted by Gasteiger charge is -2.18. The Morgan fingerprint density at radius 2 is 1.78 bits per heavy atom. The molecule has 0 aliphatic carbocycles. The second-order valence-corrected chi connectivity index (χ2v) is 9.96. The molecule has 0 spiro atoms. The van der Waals surface area contributed by atoms with Crippen LogP contribution in [0.4, 0.5) is 5.69 Å². The number of benzene rings is 2. The lowest BCUT2D eigenvalue weighted by atomic mass is 10.2. The van der Waals surface area contributed by atoms with Gasteiger partial charge in [-0.1, -0.05) is 30.1 Å². The fraction of sp³-hybridized carbons (Fsp3) is 0.273. The smallest absolute Gasteiger partial charge is 0.249 e. The number of nitrogens with zero attached hydrogens (tertiary/aromatic N) is 2. The van der Waals surface area contributed by atoms with E-state index in [2.05, 4.69) is 10.4 Å². The lowest BCUT2D eigenvalue weighted by molar-refractivity contribution is -0.119. The van der Waals surface area contributed by atoms with Gasteiger partial charge in [-0.25, -0.2) is 8.42 Å². The van der Waals surface area contributed by atoms with Gasteiger partial charge in [0, 0.05) is 16.8 Å². The molecule has 0 fully saturated rings. The van der Waals surface area contributed by atoms with Gasteiger partial charge in [0.15, 0.2) is 0 Å². The van der Waals surface area contributed by atoms with Crippen molar-refractivity contribution in [3.05, 3.63) is 63.9 Å². The van der Waals surface area contributed by atoms with Crippen LogP contribution in [-0.4, -0.2) is 31.2 Å². The van der Waals surface area contributed by atoms with Crippen molar-refractivity contribution in [1.82, 2.24) is 9.78 Å². The zero-order valence-electron chi connectivity index (χ0n) is 18.0. The third-order valence-electron chi connectivity index (χ3n) is 5.04. The highest BCUT2D eigenvalue weighted by molar-refractivity contribution is 7.91. The van der Waals surface area contributed by atoms with Crippen molar-refractivity contribution in [2.75, 3.05) is 12.4 Å². The summed E-state index contributed by atoms with van der Waals surface area (Å²) in [6, 6.07) is 9.58. The number of sulfone groups is 1. The fourth-order valence-electron chi connectivity index (χ4n) is 3.31. The maximum absolute atomic E-state index is 13.1. The molecular formula is C22H23Cl2N3O4S. The highest BCUT2D eigenvalue weighted by Crippen LogP contribution is 2.30. The Morgan fingerprint density at radius 3 is 2.31 bits per heavy atom. The van der Waals surface area contributed by atoms with Gasteiger partial charge in [0.1, 0.15) is 11.8 Å². The van der Waals surface area contributed by atoms with Crippen LogP contribution in [0.3, 0.4) is 0 Å². The van der Waals surface area contributed by atoms with Crippen molar-refractivity contribution in [1.29, 1.82) is 0 Å². The Balaban J connectivity index is 1.97. The molecule has 2 aromatic carbocycles. The molecule has 0 bridgehead atoms. The average molecular weight is 496 g/mol. The monoisotopic (exact) mass is 495 g/mol. The van der Waals surface area contributed by atoms with E-state index >= 15 is 0 Å². The predicted molar refractivity (Wildman–Crippen MR) is 125 cm³/mol. The highest BCUT2D eigenvalue weighted by Gasteiger charge is 2.25. The Hall–Kier alpha value is -2.55. The van der Waals surface area contributed by atoms with E-state index in [0.717, 1.165) is 0 Å². The molecule has 1 heterocycles. The van der Waals surface area contributed by atoms with Crippen LogP contribution in [0.5, 0.6) is 5.75 Å². The minimum absolute atomic E-state index is 0.0170. The van der Waals surface area contributed by atoms with Crippen molar-refractivity contribution in [2.45, 2.75) is 43.0 Å². The van der Waals surface area contributed by atoms with Gasteiger partial charge in [-0.15, -0.1) is 0 Å². The number of nitrogens with one attached hydrogen (secondary N) is 1. The van der Waals surface area contributed by atoms with Gasteiger partial charge < -0.3 is 10.1 Å². The number of anilines is 1. The third-order valence-corrected chi connectivity index (χ3v) is 7.59. The van der Waals surface area contributed by atoms with Gasteiger partial charge in [0.25, 0.3) is 0 Å². The number of hydrogen-bond donors (Lipinski definition) is 1. The number of carbonyl (C=O) groups is 1. The molecule has 170 valence electrons. The second kappa shape index (κ2) is 9.52. The number of halogens is 2. The lowest BCUT2D eigenvalue weighted by Crippen LogP contribution is -2.27. The number of amides is 1. The third kappa shape index (κ3) is 4.77. The van der Waals surface area contributed by atoms with Crippen molar-refractivity contribution in [3.63, 3.8) is 0 Å². The predicted octanol–water partition coefficient (Wildman–Crippen LogP) is 5.24. The van der Waals surface area contributed by atoms with Gasteiger partial charge in [0.05, 0.1) is 33.3 Å². The van der Waals surface area contributed by atoms with Gasteiger partial charge in [-0.05, 0) is 56.7 Å². The molecular weight excluding hydrogens is 473 g/mol. The summed E-state index contributed by atoms with van der Waals surface area (Å²) in [6.45, 7) is 5.42.